The first-order chi connectivity index (χ1) is 16.8. The highest BCUT2D eigenvalue weighted by atomic mass is 19.1. The van der Waals surface area contributed by atoms with E-state index in [-0.39, 0.29) is 6.54 Å². The van der Waals surface area contributed by atoms with Crippen LogP contribution in [0.5, 0.6) is 0 Å². The molecule has 2 aliphatic rings. The summed E-state index contributed by atoms with van der Waals surface area (Å²) in [7, 11) is 0. The Balaban J connectivity index is 1.34. The summed E-state index contributed by atoms with van der Waals surface area (Å²) in [6.07, 6.45) is 0. The molecule has 2 fully saturated rings. The summed E-state index contributed by atoms with van der Waals surface area (Å²) >= 11 is 0. The minimum atomic E-state index is -1.35. The Hall–Kier alpha value is -3.30. The average Bonchev–Trinajstić information content (AvgIpc) is 3.08. The van der Waals surface area contributed by atoms with Crippen molar-refractivity contribution in [3.05, 3.63) is 71.0 Å². The number of piperazine rings is 1. The van der Waals surface area contributed by atoms with Crippen LogP contribution in [0.2, 0.25) is 0 Å². The van der Waals surface area contributed by atoms with Crippen molar-refractivity contribution in [2.24, 2.45) is 0 Å². The second-order valence-corrected chi connectivity index (χ2v) is 9.21. The molecule has 0 aromatic heterocycles. The lowest BCUT2D eigenvalue weighted by atomic mass is 9.92. The van der Waals surface area contributed by atoms with Crippen LogP contribution in [0, 0.1) is 5.82 Å². The molecule has 4 rings (SSSR count). The molecule has 2 N–H and O–H groups in total. The Morgan fingerprint density at radius 2 is 1.63 bits per heavy atom. The van der Waals surface area contributed by atoms with Crippen molar-refractivity contribution in [1.29, 1.82) is 0 Å². The number of halogens is 1. The van der Waals surface area contributed by atoms with Crippen LogP contribution >= 0.6 is 0 Å². The molecular formula is C26H32FN5O3. The molecule has 8 nitrogen and oxygen atoms in total. The number of rotatable bonds is 8. The molecule has 4 amide bonds. The lowest BCUT2D eigenvalue weighted by Gasteiger charge is -2.34. The molecule has 0 bridgehead atoms. The normalized spacial score (nSPS) is 21.3. The van der Waals surface area contributed by atoms with Gasteiger partial charge in [-0.05, 0) is 42.3 Å². The van der Waals surface area contributed by atoms with Crippen molar-refractivity contribution in [2.75, 3.05) is 39.3 Å². The van der Waals surface area contributed by atoms with Gasteiger partial charge in [-0.25, -0.2) is 9.18 Å². The van der Waals surface area contributed by atoms with Crippen LogP contribution in [-0.2, 0) is 28.2 Å². The van der Waals surface area contributed by atoms with E-state index in [2.05, 4.69) is 33.4 Å². The van der Waals surface area contributed by atoms with E-state index in [9.17, 15) is 18.8 Å². The molecule has 2 aliphatic heterocycles. The number of benzene rings is 2. The second kappa shape index (κ2) is 10.5. The van der Waals surface area contributed by atoms with E-state index in [0.29, 0.717) is 12.1 Å². The van der Waals surface area contributed by atoms with Gasteiger partial charge >= 0.3 is 6.03 Å². The molecule has 2 saturated heterocycles. The summed E-state index contributed by atoms with van der Waals surface area (Å²) in [6, 6.07) is 12.7. The number of hydrogen-bond acceptors (Lipinski definition) is 5. The average molecular weight is 482 g/mol. The highest BCUT2D eigenvalue weighted by Crippen LogP contribution is 2.28. The summed E-state index contributed by atoms with van der Waals surface area (Å²) < 4.78 is 13.3. The number of urea groups is 1. The van der Waals surface area contributed by atoms with Crippen LogP contribution in [-0.4, -0.2) is 71.8 Å². The van der Waals surface area contributed by atoms with E-state index in [1.807, 2.05) is 18.2 Å². The molecule has 9 heteroatoms. The number of carbonyl (C=O) groups excluding carboxylic acids is 3. The third-order valence-electron chi connectivity index (χ3n) is 6.90. The fraction of sp³-hybridized carbons (Fsp3) is 0.423. The number of nitrogens with one attached hydrogen (secondary N) is 2. The quantitative estimate of drug-likeness (QED) is 0.564. The monoisotopic (exact) mass is 481 g/mol. The highest BCUT2D eigenvalue weighted by Gasteiger charge is 2.49. The summed E-state index contributed by atoms with van der Waals surface area (Å²) in [5, 5.41) is 5.48. The van der Waals surface area contributed by atoms with Crippen LogP contribution in [0.3, 0.4) is 0 Å². The lowest BCUT2D eigenvalue weighted by molar-refractivity contribution is -0.134. The summed E-state index contributed by atoms with van der Waals surface area (Å²) in [5.74, 6) is -1.41. The maximum absolute atomic E-state index is 13.3. The maximum Gasteiger partial charge on any atom is 0.325 e. The topological polar surface area (TPSA) is 85.0 Å². The zero-order chi connectivity index (χ0) is 25.0. The van der Waals surface area contributed by atoms with Gasteiger partial charge in [-0.2, -0.15) is 0 Å². The van der Waals surface area contributed by atoms with Crippen molar-refractivity contribution in [1.82, 2.24) is 25.3 Å². The third kappa shape index (κ3) is 5.52. The third-order valence-corrected chi connectivity index (χ3v) is 6.90. The van der Waals surface area contributed by atoms with Crippen LogP contribution in [0.25, 0.3) is 0 Å². The zero-order valence-electron chi connectivity index (χ0n) is 20.2. The molecule has 0 spiro atoms. The van der Waals surface area contributed by atoms with Gasteiger partial charge in [0, 0.05) is 39.3 Å². The molecule has 2 aromatic carbocycles. The second-order valence-electron chi connectivity index (χ2n) is 9.21. The van der Waals surface area contributed by atoms with E-state index < -0.39 is 29.2 Å². The van der Waals surface area contributed by atoms with Crippen LogP contribution in [0.15, 0.2) is 48.5 Å². The first-order valence-electron chi connectivity index (χ1n) is 12.0. The Labute approximate surface area is 205 Å². The van der Waals surface area contributed by atoms with Gasteiger partial charge in [0.15, 0.2) is 0 Å². The summed E-state index contributed by atoms with van der Waals surface area (Å²) in [4.78, 5) is 43.9. The lowest BCUT2D eigenvalue weighted by Crippen LogP contribution is -2.45. The Bertz CT molecular complexity index is 1080. The number of likely N-dealkylation sites (N-methyl/N-ethyl adjacent to an activating group) is 1. The summed E-state index contributed by atoms with van der Waals surface area (Å²) in [5.41, 5.74) is 1.26. The van der Waals surface area contributed by atoms with Gasteiger partial charge in [0.1, 0.15) is 17.9 Å². The van der Waals surface area contributed by atoms with Gasteiger partial charge < -0.3 is 15.5 Å². The molecule has 0 aliphatic carbocycles. The van der Waals surface area contributed by atoms with Gasteiger partial charge in [0.05, 0.1) is 0 Å². The smallest absolute Gasteiger partial charge is 0.325 e. The van der Waals surface area contributed by atoms with Crippen molar-refractivity contribution in [2.45, 2.75) is 32.5 Å². The van der Waals surface area contributed by atoms with E-state index in [0.717, 1.165) is 55.3 Å². The SMILES string of the molecule is CCN1CCN(Cc2ccccc2CNC(=O)CN2C(=O)NC(C)(c3ccc(F)cc3)C2=O)CC1. The Morgan fingerprint density at radius 3 is 2.29 bits per heavy atom. The van der Waals surface area contributed by atoms with Gasteiger partial charge in [0.2, 0.25) is 5.91 Å². The predicted octanol–water partition coefficient (Wildman–Crippen LogP) is 2.05. The van der Waals surface area contributed by atoms with Gasteiger partial charge in [-0.3, -0.25) is 19.4 Å². The maximum atomic E-state index is 13.3. The van der Waals surface area contributed by atoms with Gasteiger partial charge in [-0.1, -0.05) is 43.3 Å². The van der Waals surface area contributed by atoms with E-state index in [1.54, 1.807) is 6.92 Å². The summed E-state index contributed by atoms with van der Waals surface area (Å²) in [6.45, 7) is 9.65. The van der Waals surface area contributed by atoms with Crippen molar-refractivity contribution >= 4 is 17.8 Å². The zero-order valence-corrected chi connectivity index (χ0v) is 20.2. The first kappa shape index (κ1) is 24.8. The van der Waals surface area contributed by atoms with Crippen LogP contribution < -0.4 is 10.6 Å². The molecule has 1 atom stereocenters. The predicted molar refractivity (Wildman–Crippen MR) is 130 cm³/mol. The van der Waals surface area contributed by atoms with E-state index in [4.69, 9.17) is 0 Å². The van der Waals surface area contributed by atoms with Crippen molar-refractivity contribution in [3.63, 3.8) is 0 Å². The van der Waals surface area contributed by atoms with Crippen molar-refractivity contribution < 1.29 is 18.8 Å². The highest BCUT2D eigenvalue weighted by molar-refractivity contribution is 6.09. The van der Waals surface area contributed by atoms with Crippen LogP contribution in [0.4, 0.5) is 9.18 Å². The molecule has 0 radical (unpaired) electrons. The number of imide groups is 1. The molecule has 1 unspecified atom stereocenters. The number of nitrogens with zero attached hydrogens (tertiary/aromatic N) is 3. The number of hydrogen-bond donors (Lipinski definition) is 2. The molecule has 2 aromatic rings. The van der Waals surface area contributed by atoms with Gasteiger partial charge in [-0.15, -0.1) is 0 Å². The molecule has 186 valence electrons. The fourth-order valence-electron chi connectivity index (χ4n) is 4.60. The van der Waals surface area contributed by atoms with E-state index in [1.165, 1.54) is 24.3 Å². The molecule has 35 heavy (non-hydrogen) atoms. The molecular weight excluding hydrogens is 449 g/mol. The molecule has 0 saturated carbocycles. The van der Waals surface area contributed by atoms with Crippen LogP contribution in [0.1, 0.15) is 30.5 Å². The van der Waals surface area contributed by atoms with E-state index >= 15 is 0 Å². The minimum absolute atomic E-state index is 0.308. The first-order valence-corrected chi connectivity index (χ1v) is 12.0. The van der Waals surface area contributed by atoms with Crippen molar-refractivity contribution in [3.8, 4) is 0 Å². The Morgan fingerprint density at radius 1 is 1.00 bits per heavy atom. The number of amides is 4. The fourth-order valence-corrected chi connectivity index (χ4v) is 4.60. The number of carbonyl (C=O) groups is 3. The van der Waals surface area contributed by atoms with Gasteiger partial charge in [0.25, 0.3) is 5.91 Å². The Kier molecular flexibility index (Phi) is 7.47. The minimum Gasteiger partial charge on any atom is -0.350 e. The molecule has 2 heterocycles. The standard InChI is InChI=1S/C26H32FN5O3/c1-3-30-12-14-31(15-13-30)17-20-7-5-4-6-19(20)16-28-23(33)18-32-24(34)26(2,29-25(32)35)21-8-10-22(27)11-9-21/h4-11H,3,12-18H2,1-2H3,(H,28,33)(H,29,35). The largest absolute Gasteiger partial charge is 0.350 e.